The molecule has 3 unspecified atom stereocenters. The molecule has 0 aromatic carbocycles. The van der Waals surface area contributed by atoms with Crippen molar-refractivity contribution in [2.24, 2.45) is 11.8 Å². The highest BCUT2D eigenvalue weighted by Gasteiger charge is 2.44. The lowest BCUT2D eigenvalue weighted by Crippen LogP contribution is -2.47. The molecule has 2 rings (SSSR count). The van der Waals surface area contributed by atoms with Crippen LogP contribution in [0.1, 0.15) is 59.8 Å². The first kappa shape index (κ1) is 14.8. The van der Waals surface area contributed by atoms with Crippen LogP contribution in [0, 0.1) is 11.8 Å². The van der Waals surface area contributed by atoms with Crippen LogP contribution in [0.25, 0.3) is 0 Å². The van der Waals surface area contributed by atoms with E-state index in [1.807, 2.05) is 0 Å². The van der Waals surface area contributed by atoms with E-state index in [1.165, 1.54) is 12.8 Å². The average Bonchev–Trinajstić information content (AvgIpc) is 3.00. The molecular weight excluding hydrogens is 236 g/mol. The first-order valence-electron chi connectivity index (χ1n) is 8.13. The van der Waals surface area contributed by atoms with E-state index in [9.17, 15) is 4.79 Å². The zero-order chi connectivity index (χ0) is 14.0. The van der Waals surface area contributed by atoms with Crippen LogP contribution in [0.5, 0.6) is 0 Å². The number of hydrogen-bond donors (Lipinski definition) is 1. The van der Waals surface area contributed by atoms with Crippen molar-refractivity contribution in [1.82, 2.24) is 10.2 Å². The van der Waals surface area contributed by atoms with Crippen molar-refractivity contribution in [3.63, 3.8) is 0 Å². The van der Waals surface area contributed by atoms with Crippen LogP contribution in [-0.2, 0) is 4.79 Å². The lowest BCUT2D eigenvalue weighted by Gasteiger charge is -2.35. The van der Waals surface area contributed by atoms with Crippen molar-refractivity contribution in [1.29, 1.82) is 0 Å². The zero-order valence-corrected chi connectivity index (χ0v) is 13.0. The van der Waals surface area contributed by atoms with E-state index in [2.05, 4.69) is 37.9 Å². The second-order valence-corrected chi connectivity index (χ2v) is 6.74. The van der Waals surface area contributed by atoms with E-state index in [4.69, 9.17) is 0 Å². The van der Waals surface area contributed by atoms with Gasteiger partial charge in [-0.2, -0.15) is 0 Å². The summed E-state index contributed by atoms with van der Waals surface area (Å²) in [6.07, 6.45) is 5.67. The van der Waals surface area contributed by atoms with Gasteiger partial charge in [-0.15, -0.1) is 0 Å². The Bertz CT molecular complexity index is 312. The Kier molecular flexibility index (Phi) is 4.88. The summed E-state index contributed by atoms with van der Waals surface area (Å²) in [4.78, 5) is 15.1. The molecule has 3 heteroatoms. The van der Waals surface area contributed by atoms with E-state index in [-0.39, 0.29) is 5.92 Å². The highest BCUT2D eigenvalue weighted by atomic mass is 16.2. The topological polar surface area (TPSA) is 32.3 Å². The number of rotatable bonds is 6. The lowest BCUT2D eigenvalue weighted by atomic mass is 9.87. The average molecular weight is 266 g/mol. The van der Waals surface area contributed by atoms with Gasteiger partial charge < -0.3 is 10.2 Å². The van der Waals surface area contributed by atoms with Crippen LogP contribution in [-0.4, -0.2) is 35.5 Å². The molecule has 1 N–H and O–H groups in total. The summed E-state index contributed by atoms with van der Waals surface area (Å²) in [5.74, 6) is 1.22. The standard InChI is InChI=1S/C16H30N2O/c1-5-13(6-2)18(10-11(3)4)16(19)14-9-12-7-8-15(14)17-12/h11-15,17H,5-10H2,1-4H3. The lowest BCUT2D eigenvalue weighted by molar-refractivity contribution is -0.139. The number of amides is 1. The van der Waals surface area contributed by atoms with E-state index < -0.39 is 0 Å². The molecular formula is C16H30N2O. The minimum atomic E-state index is 0.248. The van der Waals surface area contributed by atoms with Gasteiger partial charge in [-0.3, -0.25) is 4.79 Å². The van der Waals surface area contributed by atoms with Gasteiger partial charge in [0.25, 0.3) is 0 Å². The van der Waals surface area contributed by atoms with Crippen LogP contribution in [0.2, 0.25) is 0 Å². The summed E-state index contributed by atoms with van der Waals surface area (Å²) in [5, 5.41) is 3.59. The summed E-state index contributed by atoms with van der Waals surface area (Å²) in [5.41, 5.74) is 0. The Balaban J connectivity index is 2.06. The minimum absolute atomic E-state index is 0.248. The Hall–Kier alpha value is -0.570. The quantitative estimate of drug-likeness (QED) is 0.802. The molecule has 110 valence electrons. The summed E-state index contributed by atoms with van der Waals surface area (Å²) in [6, 6.07) is 1.50. The molecule has 2 saturated heterocycles. The summed E-state index contributed by atoms with van der Waals surface area (Å²) in [7, 11) is 0. The molecule has 2 aliphatic heterocycles. The monoisotopic (exact) mass is 266 g/mol. The van der Waals surface area contributed by atoms with E-state index in [0.29, 0.717) is 30.0 Å². The van der Waals surface area contributed by atoms with E-state index in [1.54, 1.807) is 0 Å². The molecule has 0 saturated carbocycles. The number of carbonyl (C=O) groups is 1. The van der Waals surface area contributed by atoms with Crippen LogP contribution in [0.4, 0.5) is 0 Å². The van der Waals surface area contributed by atoms with Gasteiger partial charge in [0.2, 0.25) is 5.91 Å². The molecule has 3 nitrogen and oxygen atoms in total. The Morgan fingerprint density at radius 1 is 1.26 bits per heavy atom. The third kappa shape index (κ3) is 3.13. The summed E-state index contributed by atoms with van der Waals surface area (Å²) in [6.45, 7) is 9.74. The van der Waals surface area contributed by atoms with Gasteiger partial charge in [-0.1, -0.05) is 27.7 Å². The van der Waals surface area contributed by atoms with Crippen molar-refractivity contribution in [2.75, 3.05) is 6.54 Å². The maximum Gasteiger partial charge on any atom is 0.227 e. The molecule has 0 spiro atoms. The first-order chi connectivity index (χ1) is 9.06. The molecule has 0 aromatic rings. The predicted octanol–water partition coefficient (Wildman–Crippen LogP) is 2.80. The fourth-order valence-corrected chi connectivity index (χ4v) is 3.85. The van der Waals surface area contributed by atoms with E-state index >= 15 is 0 Å². The van der Waals surface area contributed by atoms with Crippen LogP contribution < -0.4 is 5.32 Å². The molecule has 0 radical (unpaired) electrons. The van der Waals surface area contributed by atoms with Crippen molar-refractivity contribution in [3.05, 3.63) is 0 Å². The molecule has 2 aliphatic rings. The highest BCUT2D eigenvalue weighted by Crippen LogP contribution is 2.35. The van der Waals surface area contributed by atoms with Gasteiger partial charge >= 0.3 is 0 Å². The third-order valence-corrected chi connectivity index (χ3v) is 4.85. The molecule has 2 heterocycles. The number of hydrogen-bond acceptors (Lipinski definition) is 2. The first-order valence-corrected chi connectivity index (χ1v) is 8.13. The smallest absolute Gasteiger partial charge is 0.227 e. The summed E-state index contributed by atoms with van der Waals surface area (Å²) >= 11 is 0. The second kappa shape index (κ2) is 6.25. The van der Waals surface area contributed by atoms with Crippen molar-refractivity contribution < 1.29 is 4.79 Å². The van der Waals surface area contributed by atoms with Crippen molar-refractivity contribution in [3.8, 4) is 0 Å². The van der Waals surface area contributed by atoms with Crippen LogP contribution in [0.15, 0.2) is 0 Å². The van der Waals surface area contributed by atoms with Gasteiger partial charge in [0, 0.05) is 24.7 Å². The Labute approximate surface area is 118 Å². The normalized spacial score (nSPS) is 29.5. The molecule has 19 heavy (non-hydrogen) atoms. The zero-order valence-electron chi connectivity index (χ0n) is 13.0. The second-order valence-electron chi connectivity index (χ2n) is 6.74. The summed E-state index contributed by atoms with van der Waals surface area (Å²) < 4.78 is 0. The Morgan fingerprint density at radius 3 is 2.37 bits per heavy atom. The number of nitrogens with one attached hydrogen (secondary N) is 1. The highest BCUT2D eigenvalue weighted by molar-refractivity contribution is 5.80. The molecule has 2 fully saturated rings. The number of nitrogens with zero attached hydrogens (tertiary/aromatic N) is 1. The van der Waals surface area contributed by atoms with Gasteiger partial charge in [0.05, 0.1) is 5.92 Å². The predicted molar refractivity (Wildman–Crippen MR) is 79.0 cm³/mol. The van der Waals surface area contributed by atoms with Crippen molar-refractivity contribution in [2.45, 2.75) is 77.9 Å². The molecule has 2 bridgehead atoms. The Morgan fingerprint density at radius 2 is 1.95 bits per heavy atom. The van der Waals surface area contributed by atoms with Gasteiger partial charge in [0.1, 0.15) is 0 Å². The largest absolute Gasteiger partial charge is 0.339 e. The fraction of sp³-hybridized carbons (Fsp3) is 0.938. The fourth-order valence-electron chi connectivity index (χ4n) is 3.85. The SMILES string of the molecule is CCC(CC)N(CC(C)C)C(=O)C1CC2CCC1N2. The van der Waals surface area contributed by atoms with Gasteiger partial charge in [-0.05, 0) is 38.0 Å². The molecule has 1 amide bonds. The number of fused-ring (bicyclic) bond motifs is 2. The molecule has 3 atom stereocenters. The number of carbonyl (C=O) groups excluding carboxylic acids is 1. The van der Waals surface area contributed by atoms with Crippen LogP contribution >= 0.6 is 0 Å². The maximum absolute atomic E-state index is 12.9. The van der Waals surface area contributed by atoms with E-state index in [0.717, 1.165) is 25.8 Å². The maximum atomic E-state index is 12.9. The minimum Gasteiger partial charge on any atom is -0.339 e. The third-order valence-electron chi connectivity index (χ3n) is 4.85. The molecule has 0 aliphatic carbocycles. The van der Waals surface area contributed by atoms with Gasteiger partial charge in [0.15, 0.2) is 0 Å². The molecule has 0 aromatic heterocycles. The van der Waals surface area contributed by atoms with Gasteiger partial charge in [-0.25, -0.2) is 0 Å². The van der Waals surface area contributed by atoms with Crippen molar-refractivity contribution >= 4 is 5.91 Å². The van der Waals surface area contributed by atoms with Crippen LogP contribution in [0.3, 0.4) is 0 Å².